The van der Waals surface area contributed by atoms with Gasteiger partial charge < -0.3 is 14.9 Å². The summed E-state index contributed by atoms with van der Waals surface area (Å²) in [4.78, 5) is 30.6. The van der Waals surface area contributed by atoms with Crippen LogP contribution < -0.4 is 0 Å². The van der Waals surface area contributed by atoms with Crippen molar-refractivity contribution in [1.82, 2.24) is 0 Å². The molecule has 0 aromatic carbocycles. The number of cyclic esters (lactones) is 1. The van der Waals surface area contributed by atoms with E-state index >= 15 is 0 Å². The number of aliphatic imine (C=N–C) groups is 1. The van der Waals surface area contributed by atoms with Gasteiger partial charge in [0.05, 0.1) is 35.1 Å². The number of esters is 1. The summed E-state index contributed by atoms with van der Waals surface area (Å²) in [5, 5.41) is 22.6. The zero-order chi connectivity index (χ0) is 25.6. The highest BCUT2D eigenvalue weighted by atomic mass is 32.2. The number of allylic oxidation sites excluding steroid dienone is 2. The molecule has 2 aliphatic rings. The Labute approximate surface area is 208 Å². The van der Waals surface area contributed by atoms with Gasteiger partial charge in [-0.25, -0.2) is 0 Å². The van der Waals surface area contributed by atoms with Crippen molar-refractivity contribution in [2.75, 3.05) is 5.75 Å². The topological polar surface area (TPSA) is 96.2 Å². The van der Waals surface area contributed by atoms with E-state index in [2.05, 4.69) is 17.1 Å². The third-order valence-corrected chi connectivity index (χ3v) is 7.93. The van der Waals surface area contributed by atoms with Crippen LogP contribution >= 0.6 is 11.8 Å². The second-order valence-corrected chi connectivity index (χ2v) is 11.5. The second-order valence-electron chi connectivity index (χ2n) is 10.3. The van der Waals surface area contributed by atoms with Crippen LogP contribution in [-0.2, 0) is 14.3 Å². The third kappa shape index (κ3) is 7.65. The summed E-state index contributed by atoms with van der Waals surface area (Å²) in [6, 6.07) is 0.0635. The van der Waals surface area contributed by atoms with Gasteiger partial charge in [0.2, 0.25) is 0 Å². The van der Waals surface area contributed by atoms with Crippen LogP contribution in [0, 0.1) is 17.3 Å². The van der Waals surface area contributed by atoms with Crippen LogP contribution in [0.1, 0.15) is 67.7 Å². The van der Waals surface area contributed by atoms with E-state index in [1.54, 1.807) is 32.5 Å². The van der Waals surface area contributed by atoms with Crippen molar-refractivity contribution in [3.05, 3.63) is 35.5 Å². The fourth-order valence-electron chi connectivity index (χ4n) is 4.29. The quantitative estimate of drug-likeness (QED) is 0.431. The van der Waals surface area contributed by atoms with E-state index < -0.39 is 35.6 Å². The molecule has 0 saturated heterocycles. The predicted octanol–water partition coefficient (Wildman–Crippen LogP) is 4.65. The summed E-state index contributed by atoms with van der Waals surface area (Å²) in [6.07, 6.45) is 6.42. The number of carbonyl (C=O) groups is 2. The second kappa shape index (κ2) is 12.3. The van der Waals surface area contributed by atoms with Crippen molar-refractivity contribution in [3.63, 3.8) is 0 Å². The fourth-order valence-corrected chi connectivity index (χ4v) is 5.09. The van der Waals surface area contributed by atoms with E-state index in [1.807, 2.05) is 39.8 Å². The smallest absolute Gasteiger partial charge is 0.309 e. The number of rotatable bonds is 2. The minimum atomic E-state index is -1.22. The number of carbonyl (C=O) groups excluding carboxylic acids is 2. The van der Waals surface area contributed by atoms with Crippen LogP contribution in [0.4, 0.5) is 0 Å². The Morgan fingerprint density at radius 2 is 1.91 bits per heavy atom. The van der Waals surface area contributed by atoms with E-state index in [0.29, 0.717) is 12.8 Å². The molecule has 0 spiro atoms. The van der Waals surface area contributed by atoms with Crippen LogP contribution in [0.2, 0.25) is 0 Å². The number of hydrogen-bond donors (Lipinski definition) is 2. The zero-order valence-electron chi connectivity index (χ0n) is 21.6. The van der Waals surface area contributed by atoms with Crippen molar-refractivity contribution >= 4 is 28.6 Å². The van der Waals surface area contributed by atoms with Crippen LogP contribution in [-0.4, -0.2) is 57.1 Å². The summed E-state index contributed by atoms with van der Waals surface area (Å²) < 4.78 is 5.82. The van der Waals surface area contributed by atoms with Gasteiger partial charge in [-0.1, -0.05) is 57.6 Å². The van der Waals surface area contributed by atoms with Crippen molar-refractivity contribution in [2.24, 2.45) is 22.2 Å². The molecule has 6 nitrogen and oxygen atoms in total. The first-order valence-electron chi connectivity index (χ1n) is 12.1. The molecule has 1 unspecified atom stereocenters. The van der Waals surface area contributed by atoms with E-state index in [0.717, 1.165) is 21.9 Å². The molecular weight excluding hydrogens is 450 g/mol. The van der Waals surface area contributed by atoms with Crippen molar-refractivity contribution in [3.8, 4) is 0 Å². The minimum absolute atomic E-state index is 0.0635. The van der Waals surface area contributed by atoms with Crippen LogP contribution in [0.5, 0.6) is 0 Å². The lowest BCUT2D eigenvalue weighted by Gasteiger charge is -2.34. The standard InChI is InChI=1S/C27H41NO5S/c1-16-9-8-10-17(2)25(31)19(4)26(32)27(6,7)23(29)14-24(30)33-22(12-11-16)18(3)13-21-15-34-20(5)28-21/h8,10-11,13,17,19,21-23,25,29,31H,9,12,14-15H2,1-7H3/t17-,19+,21?,22-,23-,25-/m0/s1. The lowest BCUT2D eigenvalue weighted by Crippen LogP contribution is -2.45. The van der Waals surface area contributed by atoms with Gasteiger partial charge in [0.15, 0.2) is 0 Å². The van der Waals surface area contributed by atoms with Crippen molar-refractivity contribution in [1.29, 1.82) is 0 Å². The van der Waals surface area contributed by atoms with Gasteiger partial charge in [-0.05, 0) is 32.8 Å². The highest BCUT2D eigenvalue weighted by Crippen LogP contribution is 2.32. The molecule has 0 saturated carbocycles. The Bertz CT molecular complexity index is 872. The summed E-state index contributed by atoms with van der Waals surface area (Å²) in [7, 11) is 0. The number of Topliss-reactive ketones (excluding diaryl/α,β-unsaturated/α-hetero) is 1. The molecular formula is C27H41NO5S. The van der Waals surface area contributed by atoms with Crippen LogP contribution in [0.3, 0.4) is 0 Å². The SMILES string of the molecule is CC1=CC[C@@H](C(C)=CC2CSC(C)=N2)OC(=O)C[C@H](O)C(C)(C)C(=O)[C@H](C)[C@@H](O)[C@@H](C)C=CC1. The minimum Gasteiger partial charge on any atom is -0.457 e. The molecule has 2 heterocycles. The van der Waals surface area contributed by atoms with E-state index in [1.165, 1.54) is 0 Å². The van der Waals surface area contributed by atoms with Gasteiger partial charge in [0.1, 0.15) is 11.9 Å². The Morgan fingerprint density at radius 1 is 1.24 bits per heavy atom. The molecule has 6 atom stereocenters. The first kappa shape index (κ1) is 28.5. The average Bonchev–Trinajstić information content (AvgIpc) is 3.18. The molecule has 0 amide bonds. The maximum absolute atomic E-state index is 13.1. The number of hydrogen-bond acceptors (Lipinski definition) is 7. The number of ether oxygens (including phenoxy) is 1. The average molecular weight is 492 g/mol. The van der Waals surface area contributed by atoms with Crippen molar-refractivity contribution in [2.45, 2.75) is 92.1 Å². The summed E-state index contributed by atoms with van der Waals surface area (Å²) >= 11 is 1.72. The molecule has 7 heteroatoms. The Morgan fingerprint density at radius 3 is 2.53 bits per heavy atom. The van der Waals surface area contributed by atoms with Crippen LogP contribution in [0.25, 0.3) is 0 Å². The summed E-state index contributed by atoms with van der Waals surface area (Å²) in [5.74, 6) is -0.852. The number of aliphatic hydroxyl groups is 2. The molecule has 0 aromatic rings. The van der Waals surface area contributed by atoms with E-state index in [-0.39, 0.29) is 24.2 Å². The predicted molar refractivity (Wildman–Crippen MR) is 139 cm³/mol. The van der Waals surface area contributed by atoms with Gasteiger partial charge in [-0.3, -0.25) is 14.6 Å². The third-order valence-electron chi connectivity index (χ3n) is 6.90. The Hall–Kier alpha value is -1.70. The first-order chi connectivity index (χ1) is 15.8. The number of nitrogens with zero attached hydrogens (tertiary/aromatic N) is 1. The van der Waals surface area contributed by atoms with Gasteiger partial charge in [-0.15, -0.1) is 11.8 Å². The molecule has 34 heavy (non-hydrogen) atoms. The highest BCUT2D eigenvalue weighted by Gasteiger charge is 2.42. The van der Waals surface area contributed by atoms with Crippen molar-refractivity contribution < 1.29 is 24.5 Å². The van der Waals surface area contributed by atoms with E-state index in [4.69, 9.17) is 4.74 Å². The normalized spacial score (nSPS) is 34.4. The largest absolute Gasteiger partial charge is 0.457 e. The maximum Gasteiger partial charge on any atom is 0.309 e. The van der Waals surface area contributed by atoms with Gasteiger partial charge in [-0.2, -0.15) is 0 Å². The first-order valence-corrected chi connectivity index (χ1v) is 13.1. The fraction of sp³-hybridized carbons (Fsp3) is 0.667. The Balaban J connectivity index is 2.34. The van der Waals surface area contributed by atoms with Gasteiger partial charge >= 0.3 is 5.97 Å². The molecule has 0 radical (unpaired) electrons. The van der Waals surface area contributed by atoms with Gasteiger partial charge in [0, 0.05) is 24.0 Å². The van der Waals surface area contributed by atoms with E-state index in [9.17, 15) is 19.8 Å². The lowest BCUT2D eigenvalue weighted by molar-refractivity contribution is -0.154. The number of ketones is 1. The number of aliphatic hydroxyl groups excluding tert-OH is 2. The highest BCUT2D eigenvalue weighted by molar-refractivity contribution is 8.14. The lowest BCUT2D eigenvalue weighted by atomic mass is 9.73. The Kier molecular flexibility index (Phi) is 10.3. The molecule has 2 aliphatic heterocycles. The molecule has 0 bridgehead atoms. The summed E-state index contributed by atoms with van der Waals surface area (Å²) in [6.45, 7) is 12.7. The maximum atomic E-state index is 13.1. The van der Waals surface area contributed by atoms with Gasteiger partial charge in [0.25, 0.3) is 0 Å². The molecule has 2 N–H and O–H groups in total. The molecule has 0 aromatic heterocycles. The number of thioether (sulfide) groups is 1. The monoisotopic (exact) mass is 491 g/mol. The molecule has 2 rings (SSSR count). The summed E-state index contributed by atoms with van der Waals surface area (Å²) in [5.41, 5.74) is 0.840. The molecule has 0 aliphatic carbocycles. The molecule has 0 fully saturated rings. The molecule has 190 valence electrons. The zero-order valence-corrected chi connectivity index (χ0v) is 22.4. The van der Waals surface area contributed by atoms with Crippen LogP contribution in [0.15, 0.2) is 40.4 Å².